The molecule has 0 N–H and O–H groups in total. The molecule has 1 amide bonds. The van der Waals surface area contributed by atoms with Crippen LogP contribution < -0.4 is 4.90 Å². The maximum atomic E-state index is 13.6. The molecular weight excluding hydrogens is 536 g/mol. The number of thioether (sulfide) groups is 1. The summed E-state index contributed by atoms with van der Waals surface area (Å²) in [6.07, 6.45) is 3.51. The third-order valence-corrected chi connectivity index (χ3v) is 9.25. The van der Waals surface area contributed by atoms with Gasteiger partial charge in [-0.05, 0) is 69.6 Å². The SMILES string of the molecule is CCCN(CCC)S(=O)(=O)c1ccc(C(=O)N(CCN(C)C)c2nc3c(SC)cccc3s2)cc1.Cl. The first kappa shape index (κ1) is 30.5. The van der Waals surface area contributed by atoms with Gasteiger partial charge in [0.25, 0.3) is 5.91 Å². The zero-order valence-electron chi connectivity index (χ0n) is 21.4. The van der Waals surface area contributed by atoms with Gasteiger partial charge in [-0.25, -0.2) is 13.4 Å². The number of fused-ring (bicyclic) bond motifs is 1. The Kier molecular flexibility index (Phi) is 11.7. The summed E-state index contributed by atoms with van der Waals surface area (Å²) in [5, 5.41) is 0.641. The van der Waals surface area contributed by atoms with Gasteiger partial charge in [0.05, 0.1) is 15.1 Å². The van der Waals surface area contributed by atoms with E-state index < -0.39 is 10.0 Å². The number of sulfonamides is 1. The first-order valence-corrected chi connectivity index (χ1v) is 15.2. The van der Waals surface area contributed by atoms with Gasteiger partial charge in [0, 0.05) is 36.6 Å². The lowest BCUT2D eigenvalue weighted by molar-refractivity contribution is 0.0985. The molecule has 0 aliphatic heterocycles. The van der Waals surface area contributed by atoms with Gasteiger partial charge >= 0.3 is 0 Å². The van der Waals surface area contributed by atoms with Crippen LogP contribution in [-0.4, -0.2) is 75.0 Å². The lowest BCUT2D eigenvalue weighted by Crippen LogP contribution is -2.36. The maximum absolute atomic E-state index is 13.6. The number of para-hydroxylation sites is 1. The van der Waals surface area contributed by atoms with Crippen molar-refractivity contribution in [2.45, 2.75) is 36.5 Å². The molecule has 0 unspecified atom stereocenters. The third kappa shape index (κ3) is 6.99. The molecule has 1 aromatic heterocycles. The van der Waals surface area contributed by atoms with E-state index in [9.17, 15) is 13.2 Å². The number of hydrogen-bond donors (Lipinski definition) is 0. The number of hydrogen-bond acceptors (Lipinski definition) is 7. The molecule has 0 radical (unpaired) electrons. The molecule has 3 aromatic rings. The van der Waals surface area contributed by atoms with Crippen molar-refractivity contribution < 1.29 is 13.2 Å². The quantitative estimate of drug-likeness (QED) is 0.269. The molecule has 0 atom stereocenters. The van der Waals surface area contributed by atoms with Crippen molar-refractivity contribution in [2.24, 2.45) is 0 Å². The molecule has 36 heavy (non-hydrogen) atoms. The molecule has 3 rings (SSSR count). The van der Waals surface area contributed by atoms with Crippen molar-refractivity contribution in [2.75, 3.05) is 51.4 Å². The lowest BCUT2D eigenvalue weighted by atomic mass is 10.2. The first-order chi connectivity index (χ1) is 16.7. The molecule has 0 fully saturated rings. The van der Waals surface area contributed by atoms with Gasteiger partial charge in [-0.2, -0.15) is 4.31 Å². The van der Waals surface area contributed by atoms with E-state index in [0.29, 0.717) is 36.9 Å². The third-order valence-electron chi connectivity index (χ3n) is 5.52. The van der Waals surface area contributed by atoms with Gasteiger partial charge in [-0.3, -0.25) is 9.69 Å². The van der Waals surface area contributed by atoms with Gasteiger partial charge in [-0.15, -0.1) is 24.2 Å². The summed E-state index contributed by atoms with van der Waals surface area (Å²) in [7, 11) is 0.329. The first-order valence-electron chi connectivity index (χ1n) is 11.7. The molecular formula is C25H35ClN4O3S3. The van der Waals surface area contributed by atoms with E-state index in [2.05, 4.69) is 0 Å². The Bertz CT molecular complexity index is 1240. The average molecular weight is 571 g/mol. The summed E-state index contributed by atoms with van der Waals surface area (Å²) < 4.78 is 28.7. The number of nitrogens with zero attached hydrogens (tertiary/aromatic N) is 4. The van der Waals surface area contributed by atoms with E-state index in [1.165, 1.54) is 27.8 Å². The van der Waals surface area contributed by atoms with Gasteiger partial charge in [0.15, 0.2) is 5.13 Å². The number of amides is 1. The standard InChI is InChI=1S/C25H34N4O3S3.ClH/c1-6-15-28(16-7-2)35(31,32)20-13-11-19(12-14-20)24(30)29(18-17-27(3)4)25-26-23-21(33-5)9-8-10-22(23)34-25;/h8-14H,6-7,15-18H2,1-5H3;1H. The summed E-state index contributed by atoms with van der Waals surface area (Å²) in [5.41, 5.74) is 1.33. The second kappa shape index (κ2) is 13.7. The van der Waals surface area contributed by atoms with E-state index in [0.717, 1.165) is 28.0 Å². The smallest absolute Gasteiger partial charge is 0.260 e. The van der Waals surface area contributed by atoms with Crippen molar-refractivity contribution in [3.8, 4) is 0 Å². The number of carbonyl (C=O) groups is 1. The molecule has 0 bridgehead atoms. The number of halogens is 1. The molecule has 198 valence electrons. The number of anilines is 1. The van der Waals surface area contributed by atoms with Crippen LogP contribution >= 0.6 is 35.5 Å². The number of likely N-dealkylation sites (N-methyl/N-ethyl adjacent to an activating group) is 1. The lowest BCUT2D eigenvalue weighted by Gasteiger charge is -2.23. The van der Waals surface area contributed by atoms with Gasteiger partial charge in [0.2, 0.25) is 10.0 Å². The fourth-order valence-corrected chi connectivity index (χ4v) is 6.97. The van der Waals surface area contributed by atoms with Crippen LogP contribution in [0.3, 0.4) is 0 Å². The predicted molar refractivity (Wildman–Crippen MR) is 155 cm³/mol. The Labute approximate surface area is 229 Å². The maximum Gasteiger partial charge on any atom is 0.260 e. The number of benzene rings is 2. The molecule has 0 saturated carbocycles. The average Bonchev–Trinajstić information content (AvgIpc) is 3.28. The summed E-state index contributed by atoms with van der Waals surface area (Å²) in [4.78, 5) is 23.4. The van der Waals surface area contributed by atoms with Crippen LogP contribution in [0.15, 0.2) is 52.3 Å². The zero-order chi connectivity index (χ0) is 25.6. The van der Waals surface area contributed by atoms with Gasteiger partial charge in [0.1, 0.15) is 0 Å². The Morgan fingerprint density at radius 3 is 2.17 bits per heavy atom. The largest absolute Gasteiger partial charge is 0.308 e. The van der Waals surface area contributed by atoms with E-state index in [1.54, 1.807) is 28.8 Å². The van der Waals surface area contributed by atoms with Crippen LogP contribution in [0.4, 0.5) is 5.13 Å². The van der Waals surface area contributed by atoms with E-state index in [-0.39, 0.29) is 23.2 Å². The minimum absolute atomic E-state index is 0. The van der Waals surface area contributed by atoms with E-state index in [1.807, 2.05) is 57.3 Å². The second-order valence-corrected chi connectivity index (χ2v) is 12.3. The monoisotopic (exact) mass is 570 g/mol. The number of aromatic nitrogens is 1. The zero-order valence-corrected chi connectivity index (χ0v) is 24.7. The number of carbonyl (C=O) groups excluding carboxylic acids is 1. The van der Waals surface area contributed by atoms with Crippen LogP contribution in [0.2, 0.25) is 0 Å². The number of rotatable bonds is 12. The molecule has 2 aromatic carbocycles. The van der Waals surface area contributed by atoms with E-state index in [4.69, 9.17) is 4.98 Å². The molecule has 0 saturated heterocycles. The highest BCUT2D eigenvalue weighted by molar-refractivity contribution is 7.98. The fraction of sp³-hybridized carbons (Fsp3) is 0.440. The van der Waals surface area contributed by atoms with Crippen molar-refractivity contribution in [3.05, 3.63) is 48.0 Å². The Balaban J connectivity index is 0.00000456. The topological polar surface area (TPSA) is 73.8 Å². The summed E-state index contributed by atoms with van der Waals surface area (Å²) in [6, 6.07) is 12.3. The molecule has 0 aliphatic carbocycles. The summed E-state index contributed by atoms with van der Waals surface area (Å²) in [5.74, 6) is -0.195. The van der Waals surface area contributed by atoms with Crippen LogP contribution in [0, 0.1) is 0 Å². The van der Waals surface area contributed by atoms with Crippen LogP contribution in [0.1, 0.15) is 37.0 Å². The predicted octanol–water partition coefficient (Wildman–Crippen LogP) is 5.46. The molecule has 7 nitrogen and oxygen atoms in total. The second-order valence-electron chi connectivity index (χ2n) is 8.49. The van der Waals surface area contributed by atoms with Crippen molar-refractivity contribution >= 4 is 66.8 Å². The highest BCUT2D eigenvalue weighted by atomic mass is 35.5. The number of thiazole rings is 1. The van der Waals surface area contributed by atoms with Crippen LogP contribution in [0.5, 0.6) is 0 Å². The highest BCUT2D eigenvalue weighted by Crippen LogP contribution is 2.34. The normalized spacial score (nSPS) is 11.8. The molecule has 1 heterocycles. The van der Waals surface area contributed by atoms with Crippen LogP contribution in [0.25, 0.3) is 10.2 Å². The Hall–Kier alpha value is -1.69. The van der Waals surface area contributed by atoms with Gasteiger partial charge in [-0.1, -0.05) is 31.3 Å². The highest BCUT2D eigenvalue weighted by Gasteiger charge is 2.25. The fourth-order valence-electron chi connectivity index (χ4n) is 3.70. The van der Waals surface area contributed by atoms with E-state index >= 15 is 0 Å². The minimum atomic E-state index is -3.60. The summed E-state index contributed by atoms with van der Waals surface area (Å²) in [6.45, 7) is 6.03. The molecule has 11 heteroatoms. The molecule has 0 aliphatic rings. The minimum Gasteiger partial charge on any atom is -0.308 e. The molecule has 0 spiro atoms. The van der Waals surface area contributed by atoms with Crippen LogP contribution in [-0.2, 0) is 10.0 Å². The van der Waals surface area contributed by atoms with Crippen molar-refractivity contribution in [1.82, 2.24) is 14.2 Å². The van der Waals surface area contributed by atoms with Crippen molar-refractivity contribution in [3.63, 3.8) is 0 Å². The summed E-state index contributed by atoms with van der Waals surface area (Å²) >= 11 is 3.12. The van der Waals surface area contributed by atoms with Gasteiger partial charge < -0.3 is 4.90 Å². The Morgan fingerprint density at radius 1 is 0.972 bits per heavy atom. The Morgan fingerprint density at radius 2 is 1.61 bits per heavy atom. The van der Waals surface area contributed by atoms with Crippen molar-refractivity contribution in [1.29, 1.82) is 0 Å².